The molecule has 26 heavy (non-hydrogen) atoms. The van der Waals surface area contributed by atoms with Crippen molar-refractivity contribution in [3.05, 3.63) is 60.2 Å². The number of aliphatic hydroxyl groups excluding tert-OH is 1. The van der Waals surface area contributed by atoms with Gasteiger partial charge in [0, 0.05) is 11.1 Å². The van der Waals surface area contributed by atoms with Crippen molar-refractivity contribution in [2.45, 2.75) is 32.6 Å². The van der Waals surface area contributed by atoms with Crippen molar-refractivity contribution in [2.24, 2.45) is 5.41 Å². The van der Waals surface area contributed by atoms with Crippen molar-refractivity contribution < 1.29 is 19.4 Å². The van der Waals surface area contributed by atoms with Crippen LogP contribution >= 0.6 is 0 Å². The lowest BCUT2D eigenvalue weighted by atomic mass is 9.75. The fraction of sp³-hybridized carbons (Fsp3) is 0.381. The van der Waals surface area contributed by atoms with Gasteiger partial charge in [-0.05, 0) is 29.8 Å². The first-order valence-corrected chi connectivity index (χ1v) is 8.71. The van der Waals surface area contributed by atoms with Crippen molar-refractivity contribution in [1.82, 2.24) is 0 Å². The summed E-state index contributed by atoms with van der Waals surface area (Å²) in [5.74, 6) is 0.445. The van der Waals surface area contributed by atoms with E-state index in [1.54, 1.807) is 12.0 Å². The molecule has 2 aromatic rings. The molecule has 0 aliphatic carbocycles. The van der Waals surface area contributed by atoms with Gasteiger partial charge in [0.25, 0.3) is 5.91 Å². The molecule has 1 aliphatic heterocycles. The molecule has 0 aromatic heterocycles. The number of hydrogen-bond donors (Lipinski definition) is 1. The minimum absolute atomic E-state index is 0.281. The van der Waals surface area contributed by atoms with Gasteiger partial charge in [-0.2, -0.15) is 0 Å². The van der Waals surface area contributed by atoms with Crippen molar-refractivity contribution >= 4 is 11.6 Å². The van der Waals surface area contributed by atoms with Gasteiger partial charge in [0.15, 0.2) is 6.10 Å². The highest BCUT2D eigenvalue weighted by Crippen LogP contribution is 2.39. The number of methoxy groups -OCH3 is 1. The minimum Gasteiger partial charge on any atom is -0.497 e. The van der Waals surface area contributed by atoms with E-state index in [0.29, 0.717) is 13.2 Å². The Kier molecular flexibility index (Phi) is 5.30. The van der Waals surface area contributed by atoms with Crippen molar-refractivity contribution in [1.29, 1.82) is 0 Å². The first kappa shape index (κ1) is 18.4. The SMILES string of the molecule is COc1ccc(N2C(=O)[C@H](O)[C@@H]2C(C)(C)COCc2ccccc2)cc1. The second-order valence-corrected chi connectivity index (χ2v) is 7.26. The van der Waals surface area contributed by atoms with Crippen LogP contribution in [0.2, 0.25) is 0 Å². The number of aliphatic hydroxyl groups is 1. The van der Waals surface area contributed by atoms with Crippen molar-refractivity contribution in [3.8, 4) is 5.75 Å². The second kappa shape index (κ2) is 7.48. The number of hydrogen-bond acceptors (Lipinski definition) is 4. The number of anilines is 1. The molecule has 5 heteroatoms. The Balaban J connectivity index is 1.68. The van der Waals surface area contributed by atoms with Crippen LogP contribution in [0.3, 0.4) is 0 Å². The molecule has 1 heterocycles. The van der Waals surface area contributed by atoms with Crippen LogP contribution in [0, 0.1) is 5.41 Å². The number of rotatable bonds is 7. The van der Waals surface area contributed by atoms with Crippen molar-refractivity contribution in [2.75, 3.05) is 18.6 Å². The molecule has 0 unspecified atom stereocenters. The summed E-state index contributed by atoms with van der Waals surface area (Å²) in [6.45, 7) is 4.96. The molecule has 1 amide bonds. The summed E-state index contributed by atoms with van der Waals surface area (Å²) >= 11 is 0. The third kappa shape index (κ3) is 3.59. The third-order valence-corrected chi connectivity index (χ3v) is 4.80. The summed E-state index contributed by atoms with van der Waals surface area (Å²) in [6.07, 6.45) is -1.01. The number of carbonyl (C=O) groups excluding carboxylic acids is 1. The van der Waals surface area contributed by atoms with E-state index >= 15 is 0 Å². The van der Waals surface area contributed by atoms with Crippen LogP contribution in [0.5, 0.6) is 5.75 Å². The van der Waals surface area contributed by atoms with Gasteiger partial charge >= 0.3 is 0 Å². The number of β-lactam (4-membered cyclic amide) rings is 1. The summed E-state index contributed by atoms with van der Waals surface area (Å²) < 4.78 is 11.0. The molecular formula is C21H25NO4. The molecule has 1 fully saturated rings. The normalized spacial score (nSPS) is 20.0. The zero-order valence-electron chi connectivity index (χ0n) is 15.4. The summed E-state index contributed by atoms with van der Waals surface area (Å²) in [5.41, 5.74) is 1.45. The summed E-state index contributed by atoms with van der Waals surface area (Å²) in [7, 11) is 1.60. The van der Waals surface area contributed by atoms with Crippen LogP contribution in [0.15, 0.2) is 54.6 Å². The van der Waals surface area contributed by atoms with Gasteiger partial charge in [-0.3, -0.25) is 4.79 Å². The quantitative estimate of drug-likeness (QED) is 0.776. The lowest BCUT2D eigenvalue weighted by Gasteiger charge is -2.51. The van der Waals surface area contributed by atoms with E-state index in [9.17, 15) is 9.90 Å². The van der Waals surface area contributed by atoms with E-state index in [2.05, 4.69) is 0 Å². The van der Waals surface area contributed by atoms with Gasteiger partial charge in [0.2, 0.25) is 0 Å². The molecule has 0 spiro atoms. The van der Waals surface area contributed by atoms with E-state index in [1.165, 1.54) is 0 Å². The van der Waals surface area contributed by atoms with E-state index < -0.39 is 11.5 Å². The van der Waals surface area contributed by atoms with Crippen LogP contribution in [0.4, 0.5) is 5.69 Å². The highest BCUT2D eigenvalue weighted by atomic mass is 16.5. The van der Waals surface area contributed by atoms with Gasteiger partial charge in [0.1, 0.15) is 5.75 Å². The maximum Gasteiger partial charge on any atom is 0.258 e. The minimum atomic E-state index is -1.01. The summed E-state index contributed by atoms with van der Waals surface area (Å²) in [6, 6.07) is 16.9. The Morgan fingerprint density at radius 2 is 1.73 bits per heavy atom. The number of benzene rings is 2. The number of carbonyl (C=O) groups is 1. The maximum atomic E-state index is 12.3. The van der Waals surface area contributed by atoms with Crippen LogP contribution in [-0.2, 0) is 16.1 Å². The van der Waals surface area contributed by atoms with Gasteiger partial charge in [-0.15, -0.1) is 0 Å². The van der Waals surface area contributed by atoms with Crippen molar-refractivity contribution in [3.63, 3.8) is 0 Å². The van der Waals surface area contributed by atoms with E-state index in [4.69, 9.17) is 9.47 Å². The highest BCUT2D eigenvalue weighted by molar-refractivity contribution is 6.04. The topological polar surface area (TPSA) is 59.0 Å². The molecule has 0 bridgehead atoms. The molecule has 1 aliphatic rings. The Hall–Kier alpha value is -2.37. The first-order chi connectivity index (χ1) is 12.4. The molecule has 2 aromatic carbocycles. The summed E-state index contributed by atoms with van der Waals surface area (Å²) in [4.78, 5) is 13.9. The average molecular weight is 355 g/mol. The standard InChI is InChI=1S/C21H25NO4/c1-21(2,14-26-13-15-7-5-4-6-8-15)19-18(23)20(24)22(19)16-9-11-17(25-3)12-10-16/h4-12,18-19,23H,13-14H2,1-3H3/t18-,19-/m1/s1. The lowest BCUT2D eigenvalue weighted by Crippen LogP contribution is -2.71. The van der Waals surface area contributed by atoms with E-state index in [0.717, 1.165) is 17.0 Å². The molecule has 0 radical (unpaired) electrons. The molecule has 0 saturated carbocycles. The predicted octanol–water partition coefficient (Wildman–Crippen LogP) is 3.01. The lowest BCUT2D eigenvalue weighted by molar-refractivity contribution is -0.143. The monoisotopic (exact) mass is 355 g/mol. The van der Waals surface area contributed by atoms with Crippen LogP contribution in [0.25, 0.3) is 0 Å². The fourth-order valence-corrected chi connectivity index (χ4v) is 3.37. The average Bonchev–Trinajstić information content (AvgIpc) is 2.66. The Labute approximate surface area is 154 Å². The smallest absolute Gasteiger partial charge is 0.258 e. The zero-order chi connectivity index (χ0) is 18.7. The third-order valence-electron chi connectivity index (χ3n) is 4.80. The first-order valence-electron chi connectivity index (χ1n) is 8.71. The van der Waals surface area contributed by atoms with Crippen LogP contribution in [0.1, 0.15) is 19.4 Å². The maximum absolute atomic E-state index is 12.3. The Morgan fingerprint density at radius 1 is 1.08 bits per heavy atom. The molecule has 2 atom stereocenters. The van der Waals surface area contributed by atoms with Gasteiger partial charge in [0.05, 0.1) is 26.4 Å². The van der Waals surface area contributed by atoms with Gasteiger partial charge in [-0.1, -0.05) is 44.2 Å². The molecule has 138 valence electrons. The molecular weight excluding hydrogens is 330 g/mol. The number of ether oxygens (including phenoxy) is 2. The molecule has 1 N–H and O–H groups in total. The largest absolute Gasteiger partial charge is 0.497 e. The number of amides is 1. The number of nitrogens with zero attached hydrogens (tertiary/aromatic N) is 1. The van der Waals surface area contributed by atoms with E-state index in [-0.39, 0.29) is 11.9 Å². The molecule has 1 saturated heterocycles. The molecule has 3 rings (SSSR count). The van der Waals surface area contributed by atoms with Crippen LogP contribution in [-0.4, -0.2) is 36.9 Å². The summed E-state index contributed by atoms with van der Waals surface area (Å²) in [5, 5.41) is 10.3. The Morgan fingerprint density at radius 3 is 2.35 bits per heavy atom. The highest BCUT2D eigenvalue weighted by Gasteiger charge is 2.54. The van der Waals surface area contributed by atoms with E-state index in [1.807, 2.05) is 68.4 Å². The predicted molar refractivity (Wildman–Crippen MR) is 100 cm³/mol. The second-order valence-electron chi connectivity index (χ2n) is 7.26. The Bertz CT molecular complexity index is 742. The van der Waals surface area contributed by atoms with Gasteiger partial charge < -0.3 is 19.5 Å². The fourth-order valence-electron chi connectivity index (χ4n) is 3.37. The van der Waals surface area contributed by atoms with Crippen LogP contribution < -0.4 is 9.64 Å². The molecule has 5 nitrogen and oxygen atoms in total. The van der Waals surface area contributed by atoms with Gasteiger partial charge in [-0.25, -0.2) is 0 Å². The zero-order valence-corrected chi connectivity index (χ0v) is 15.4.